The summed E-state index contributed by atoms with van der Waals surface area (Å²) >= 11 is 0. The first kappa shape index (κ1) is 12.8. The van der Waals surface area contributed by atoms with Crippen LogP contribution in [-0.2, 0) is 20.3 Å². The number of ether oxygens (including phenoxy) is 1. The molecule has 0 bridgehead atoms. The molecule has 0 atom stereocenters. The van der Waals surface area contributed by atoms with Gasteiger partial charge in [-0.25, -0.2) is 8.42 Å². The zero-order chi connectivity index (χ0) is 12.5. The molecule has 1 aliphatic rings. The molecule has 0 spiro atoms. The highest BCUT2D eigenvalue weighted by Crippen LogP contribution is 2.25. The Hall–Kier alpha value is -0.660. The van der Waals surface area contributed by atoms with E-state index in [-0.39, 0.29) is 11.1 Å². The quantitative estimate of drug-likeness (QED) is 0.755. The normalized spacial score (nSPS) is 17.1. The van der Waals surface area contributed by atoms with Gasteiger partial charge < -0.3 is 9.30 Å². The molecule has 1 fully saturated rings. The van der Waals surface area contributed by atoms with Crippen LogP contribution in [0.25, 0.3) is 0 Å². The van der Waals surface area contributed by atoms with E-state index in [1.165, 1.54) is 0 Å². The van der Waals surface area contributed by atoms with Gasteiger partial charge in [0.1, 0.15) is 5.82 Å². The zero-order valence-electron chi connectivity index (χ0n) is 9.47. The van der Waals surface area contributed by atoms with Gasteiger partial charge in [0.05, 0.1) is 19.1 Å². The number of rotatable bonds is 5. The van der Waals surface area contributed by atoms with Gasteiger partial charge in [0.25, 0.3) is 14.2 Å². The van der Waals surface area contributed by atoms with Crippen molar-refractivity contribution in [3.05, 3.63) is 5.82 Å². The van der Waals surface area contributed by atoms with Crippen LogP contribution in [0.3, 0.4) is 0 Å². The molecule has 1 saturated heterocycles. The second-order valence-electron chi connectivity index (χ2n) is 4.02. The Balaban J connectivity index is 2.35. The highest BCUT2D eigenvalue weighted by atomic mass is 35.7. The summed E-state index contributed by atoms with van der Waals surface area (Å²) in [6.07, 6.45) is 1.82. The maximum atomic E-state index is 11.4. The Morgan fingerprint density at radius 2 is 2.18 bits per heavy atom. The molecule has 17 heavy (non-hydrogen) atoms. The van der Waals surface area contributed by atoms with Gasteiger partial charge in [-0.1, -0.05) is 13.3 Å². The second-order valence-corrected chi connectivity index (χ2v) is 6.48. The Morgan fingerprint density at radius 3 is 2.65 bits per heavy atom. The molecule has 96 valence electrons. The molecule has 8 heteroatoms. The van der Waals surface area contributed by atoms with Gasteiger partial charge in [-0.05, 0) is 6.42 Å². The Kier molecular flexibility index (Phi) is 3.70. The molecule has 0 aliphatic carbocycles. The third kappa shape index (κ3) is 2.61. The lowest BCUT2D eigenvalue weighted by molar-refractivity contribution is 0.00306. The van der Waals surface area contributed by atoms with Crippen molar-refractivity contribution in [2.75, 3.05) is 13.2 Å². The topological polar surface area (TPSA) is 74.1 Å². The van der Waals surface area contributed by atoms with Crippen LogP contribution in [0.1, 0.15) is 31.5 Å². The van der Waals surface area contributed by atoms with E-state index in [2.05, 4.69) is 10.2 Å². The summed E-state index contributed by atoms with van der Waals surface area (Å²) in [7, 11) is 1.50. The third-order valence-electron chi connectivity index (χ3n) is 2.70. The lowest BCUT2D eigenvalue weighted by Crippen LogP contribution is -2.28. The van der Waals surface area contributed by atoms with Crippen molar-refractivity contribution < 1.29 is 13.2 Å². The fourth-order valence-corrected chi connectivity index (χ4v) is 2.62. The molecule has 0 saturated carbocycles. The molecule has 0 unspecified atom stereocenters. The van der Waals surface area contributed by atoms with E-state index < -0.39 is 9.05 Å². The number of hydrogen-bond donors (Lipinski definition) is 0. The lowest BCUT2D eigenvalue weighted by Gasteiger charge is -2.25. The van der Waals surface area contributed by atoms with Gasteiger partial charge in [-0.2, -0.15) is 0 Å². The van der Waals surface area contributed by atoms with Gasteiger partial charge in [-0.3, -0.25) is 0 Å². The van der Waals surface area contributed by atoms with E-state index in [1.54, 1.807) is 4.57 Å². The Morgan fingerprint density at radius 1 is 1.47 bits per heavy atom. The molecule has 0 radical (unpaired) electrons. The highest BCUT2D eigenvalue weighted by molar-refractivity contribution is 8.13. The molecular weight excluding hydrogens is 266 g/mol. The minimum atomic E-state index is -3.84. The van der Waals surface area contributed by atoms with Crippen molar-refractivity contribution in [3.63, 3.8) is 0 Å². The molecule has 6 nitrogen and oxygen atoms in total. The summed E-state index contributed by atoms with van der Waals surface area (Å²) < 4.78 is 29.4. The smallest absolute Gasteiger partial charge is 0.296 e. The molecule has 0 amide bonds. The van der Waals surface area contributed by atoms with Crippen LogP contribution >= 0.6 is 10.7 Å². The summed E-state index contributed by atoms with van der Waals surface area (Å²) in [6, 6.07) is 0. The van der Waals surface area contributed by atoms with Crippen LogP contribution in [0.15, 0.2) is 5.16 Å². The molecule has 1 aliphatic heterocycles. The molecule has 1 aromatic rings. The van der Waals surface area contributed by atoms with Crippen LogP contribution in [0.2, 0.25) is 0 Å². The van der Waals surface area contributed by atoms with Gasteiger partial charge in [0, 0.05) is 17.2 Å². The lowest BCUT2D eigenvalue weighted by atomic mass is 10.1. The number of hydrogen-bond acceptors (Lipinski definition) is 5. The predicted octanol–water partition coefficient (Wildman–Crippen LogP) is 1.12. The summed E-state index contributed by atoms with van der Waals surface area (Å²) in [5, 5.41) is 7.45. The van der Waals surface area contributed by atoms with Crippen molar-refractivity contribution in [2.45, 2.75) is 37.4 Å². The van der Waals surface area contributed by atoms with Crippen molar-refractivity contribution in [3.8, 4) is 0 Å². The van der Waals surface area contributed by atoms with Gasteiger partial charge in [0.2, 0.25) is 0 Å². The van der Waals surface area contributed by atoms with Crippen molar-refractivity contribution in [2.24, 2.45) is 0 Å². The highest BCUT2D eigenvalue weighted by Gasteiger charge is 2.30. The summed E-state index contributed by atoms with van der Waals surface area (Å²) in [5.74, 6) is 0.787. The van der Waals surface area contributed by atoms with Crippen molar-refractivity contribution >= 4 is 19.7 Å². The van der Waals surface area contributed by atoms with Crippen LogP contribution in [-0.4, -0.2) is 36.4 Å². The van der Waals surface area contributed by atoms with Crippen molar-refractivity contribution in [1.82, 2.24) is 14.8 Å². The standard InChI is InChI=1S/C9H14ClN3O3S/c1-2-3-4-13-8(7-5-16-6-7)11-12-9(13)17(10,14)15/h7H,2-6H2,1H3. The summed E-state index contributed by atoms with van der Waals surface area (Å²) in [5.41, 5.74) is 0. The van der Waals surface area contributed by atoms with Gasteiger partial charge in [0.15, 0.2) is 0 Å². The molecule has 0 aromatic carbocycles. The fourth-order valence-electron chi connectivity index (χ4n) is 1.69. The monoisotopic (exact) mass is 279 g/mol. The number of nitrogens with zero attached hydrogens (tertiary/aromatic N) is 3. The van der Waals surface area contributed by atoms with Crippen LogP contribution in [0, 0.1) is 0 Å². The third-order valence-corrected chi connectivity index (χ3v) is 3.85. The van der Waals surface area contributed by atoms with Gasteiger partial charge >= 0.3 is 0 Å². The second kappa shape index (κ2) is 4.91. The Labute approximate surface area is 104 Å². The molecular formula is C9H14ClN3O3S. The molecule has 2 heterocycles. The predicted molar refractivity (Wildman–Crippen MR) is 61.5 cm³/mol. The summed E-state index contributed by atoms with van der Waals surface area (Å²) in [6.45, 7) is 3.72. The average molecular weight is 280 g/mol. The Bertz CT molecular complexity index is 496. The van der Waals surface area contributed by atoms with E-state index in [0.29, 0.717) is 25.6 Å². The molecule has 1 aromatic heterocycles. The first-order valence-corrected chi connectivity index (χ1v) is 7.80. The van der Waals surface area contributed by atoms with Crippen molar-refractivity contribution in [1.29, 1.82) is 0 Å². The maximum absolute atomic E-state index is 11.4. The molecule has 2 rings (SSSR count). The fraction of sp³-hybridized carbons (Fsp3) is 0.778. The van der Waals surface area contributed by atoms with E-state index in [0.717, 1.165) is 12.8 Å². The minimum absolute atomic E-state index is 0.131. The van der Waals surface area contributed by atoms with Crippen LogP contribution < -0.4 is 0 Å². The molecule has 0 N–H and O–H groups in total. The van der Waals surface area contributed by atoms with E-state index in [9.17, 15) is 8.42 Å². The first-order chi connectivity index (χ1) is 8.04. The minimum Gasteiger partial charge on any atom is -0.380 e. The number of unbranched alkanes of at least 4 members (excludes halogenated alkanes) is 1. The van der Waals surface area contributed by atoms with Crippen LogP contribution in [0.5, 0.6) is 0 Å². The van der Waals surface area contributed by atoms with E-state index in [4.69, 9.17) is 15.4 Å². The van der Waals surface area contributed by atoms with E-state index in [1.807, 2.05) is 6.92 Å². The zero-order valence-corrected chi connectivity index (χ0v) is 11.0. The maximum Gasteiger partial charge on any atom is 0.296 e. The summed E-state index contributed by atoms with van der Waals surface area (Å²) in [4.78, 5) is 0. The number of aromatic nitrogens is 3. The van der Waals surface area contributed by atoms with Crippen LogP contribution in [0.4, 0.5) is 0 Å². The van der Waals surface area contributed by atoms with E-state index >= 15 is 0 Å². The SMILES string of the molecule is CCCCn1c(C2COC2)nnc1S(=O)(=O)Cl. The van der Waals surface area contributed by atoms with Gasteiger partial charge in [-0.15, -0.1) is 10.2 Å². The number of halogens is 1. The largest absolute Gasteiger partial charge is 0.380 e. The average Bonchev–Trinajstić information content (AvgIpc) is 2.55. The first-order valence-electron chi connectivity index (χ1n) is 5.49.